The van der Waals surface area contributed by atoms with Crippen LogP contribution in [0.2, 0.25) is 0 Å². The molecular weight excluding hydrogens is 222 g/mol. The second kappa shape index (κ2) is 5.70. The Morgan fingerprint density at radius 2 is 2.22 bits per heavy atom. The molecule has 100 valence electrons. The van der Waals surface area contributed by atoms with Gasteiger partial charge in [-0.3, -0.25) is 0 Å². The normalized spacial score (nSPS) is 18.9. The highest BCUT2D eigenvalue weighted by Gasteiger charge is 2.26. The number of pyridine rings is 1. The number of hydrogen-bond donors (Lipinski definition) is 1. The molecule has 0 aromatic carbocycles. The summed E-state index contributed by atoms with van der Waals surface area (Å²) < 4.78 is 0. The lowest BCUT2D eigenvalue weighted by Crippen LogP contribution is -2.40. The first-order valence-electron chi connectivity index (χ1n) is 7.01. The molecule has 1 aromatic heterocycles. The minimum absolute atomic E-state index is 0.419. The molecule has 1 saturated heterocycles. The molecule has 1 aromatic rings. The second-order valence-corrected chi connectivity index (χ2v) is 5.99. The molecule has 2 rings (SSSR count). The smallest absolute Gasteiger partial charge is 0.128 e. The third-order valence-corrected chi connectivity index (χ3v) is 3.61. The van der Waals surface area contributed by atoms with Crippen LogP contribution in [0.3, 0.4) is 0 Å². The Morgan fingerprint density at radius 1 is 1.39 bits per heavy atom. The first-order chi connectivity index (χ1) is 8.61. The molecule has 0 unspecified atom stereocenters. The molecule has 0 spiro atoms. The Bertz CT molecular complexity index is 370. The first kappa shape index (κ1) is 13.3. The summed E-state index contributed by atoms with van der Waals surface area (Å²) in [5.74, 6) is 1.13. The van der Waals surface area contributed by atoms with Gasteiger partial charge in [-0.25, -0.2) is 4.98 Å². The summed E-state index contributed by atoms with van der Waals surface area (Å²) in [6, 6.07) is 4.35. The van der Waals surface area contributed by atoms with E-state index in [-0.39, 0.29) is 0 Å². The van der Waals surface area contributed by atoms with Gasteiger partial charge >= 0.3 is 0 Å². The predicted molar refractivity (Wildman–Crippen MR) is 76.8 cm³/mol. The number of rotatable bonds is 4. The van der Waals surface area contributed by atoms with Gasteiger partial charge in [0.05, 0.1) is 0 Å². The highest BCUT2D eigenvalue weighted by atomic mass is 15.2. The quantitative estimate of drug-likeness (QED) is 0.887. The van der Waals surface area contributed by atoms with Crippen LogP contribution in [0.25, 0.3) is 0 Å². The zero-order valence-electron chi connectivity index (χ0n) is 11.9. The van der Waals surface area contributed by atoms with Gasteiger partial charge in [0.25, 0.3) is 0 Å². The molecule has 0 bridgehead atoms. The molecule has 3 heteroatoms. The van der Waals surface area contributed by atoms with E-state index in [0.29, 0.717) is 5.41 Å². The van der Waals surface area contributed by atoms with E-state index in [4.69, 9.17) is 0 Å². The van der Waals surface area contributed by atoms with Crippen molar-refractivity contribution < 1.29 is 0 Å². The van der Waals surface area contributed by atoms with Crippen molar-refractivity contribution in [1.29, 1.82) is 0 Å². The molecule has 0 aliphatic carbocycles. The maximum absolute atomic E-state index is 4.61. The van der Waals surface area contributed by atoms with Crippen LogP contribution in [0.1, 0.15) is 39.2 Å². The Labute approximate surface area is 111 Å². The Hall–Kier alpha value is -1.09. The third kappa shape index (κ3) is 3.45. The fourth-order valence-corrected chi connectivity index (χ4v) is 2.60. The number of nitrogens with one attached hydrogen (secondary N) is 1. The van der Waals surface area contributed by atoms with Crippen molar-refractivity contribution in [3.05, 3.63) is 23.9 Å². The van der Waals surface area contributed by atoms with Crippen LogP contribution in [0, 0.1) is 5.41 Å². The summed E-state index contributed by atoms with van der Waals surface area (Å²) in [6.45, 7) is 11.0. The minimum atomic E-state index is 0.419. The Balaban J connectivity index is 2.00. The monoisotopic (exact) mass is 247 g/mol. The molecule has 0 atom stereocenters. The van der Waals surface area contributed by atoms with Crippen LogP contribution < -0.4 is 10.2 Å². The van der Waals surface area contributed by atoms with Gasteiger partial charge in [-0.15, -0.1) is 0 Å². The fourth-order valence-electron chi connectivity index (χ4n) is 2.60. The minimum Gasteiger partial charge on any atom is -0.356 e. The number of anilines is 1. The maximum atomic E-state index is 4.61. The lowest BCUT2D eigenvalue weighted by Gasteiger charge is -2.38. The Morgan fingerprint density at radius 3 is 2.83 bits per heavy atom. The summed E-state index contributed by atoms with van der Waals surface area (Å²) >= 11 is 0. The van der Waals surface area contributed by atoms with Crippen LogP contribution in [0.15, 0.2) is 18.3 Å². The van der Waals surface area contributed by atoms with Crippen molar-refractivity contribution in [2.45, 2.75) is 40.2 Å². The predicted octanol–water partition coefficient (Wildman–Crippen LogP) is 2.82. The number of hydrogen-bond acceptors (Lipinski definition) is 3. The largest absolute Gasteiger partial charge is 0.356 e. The standard InChI is InChI=1S/C15H25N3/c1-4-16-10-13-6-7-14(17-11-13)18-9-5-8-15(2,3)12-18/h6-7,11,16H,4-5,8-10,12H2,1-3H3. The summed E-state index contributed by atoms with van der Waals surface area (Å²) in [5, 5.41) is 3.32. The molecular formula is C15H25N3. The molecule has 1 fully saturated rings. The van der Waals surface area contributed by atoms with E-state index in [1.165, 1.54) is 18.4 Å². The lowest BCUT2D eigenvalue weighted by atomic mass is 9.84. The van der Waals surface area contributed by atoms with Gasteiger partial charge in [0.1, 0.15) is 5.82 Å². The Kier molecular flexibility index (Phi) is 4.23. The van der Waals surface area contributed by atoms with E-state index in [1.807, 2.05) is 6.20 Å². The molecule has 1 aliphatic heterocycles. The van der Waals surface area contributed by atoms with E-state index < -0.39 is 0 Å². The van der Waals surface area contributed by atoms with Crippen molar-refractivity contribution in [3.63, 3.8) is 0 Å². The molecule has 0 radical (unpaired) electrons. The zero-order valence-corrected chi connectivity index (χ0v) is 11.9. The molecule has 1 aliphatic rings. The zero-order chi connectivity index (χ0) is 13.0. The van der Waals surface area contributed by atoms with Crippen molar-refractivity contribution in [2.75, 3.05) is 24.5 Å². The summed E-state index contributed by atoms with van der Waals surface area (Å²) in [6.07, 6.45) is 4.59. The molecule has 1 N–H and O–H groups in total. The van der Waals surface area contributed by atoms with Crippen LogP contribution in [0.4, 0.5) is 5.82 Å². The molecule has 0 saturated carbocycles. The van der Waals surface area contributed by atoms with Gasteiger partial charge in [-0.05, 0) is 36.4 Å². The highest BCUT2D eigenvalue weighted by molar-refractivity contribution is 5.40. The van der Waals surface area contributed by atoms with Crippen LogP contribution in [-0.2, 0) is 6.54 Å². The summed E-state index contributed by atoms with van der Waals surface area (Å²) in [5.41, 5.74) is 1.68. The number of piperidine rings is 1. The van der Waals surface area contributed by atoms with Crippen molar-refractivity contribution in [2.24, 2.45) is 5.41 Å². The van der Waals surface area contributed by atoms with E-state index in [0.717, 1.165) is 32.0 Å². The molecule has 3 nitrogen and oxygen atoms in total. The highest BCUT2D eigenvalue weighted by Crippen LogP contribution is 2.30. The SMILES string of the molecule is CCNCc1ccc(N2CCCC(C)(C)C2)nc1. The first-order valence-corrected chi connectivity index (χ1v) is 7.01. The van der Waals surface area contributed by atoms with Crippen LogP contribution in [0.5, 0.6) is 0 Å². The summed E-state index contributed by atoms with van der Waals surface area (Å²) in [4.78, 5) is 7.02. The lowest BCUT2D eigenvalue weighted by molar-refractivity contribution is 0.292. The van der Waals surface area contributed by atoms with E-state index >= 15 is 0 Å². The third-order valence-electron chi connectivity index (χ3n) is 3.61. The van der Waals surface area contributed by atoms with Gasteiger partial charge in [-0.1, -0.05) is 26.8 Å². The van der Waals surface area contributed by atoms with Gasteiger partial charge in [0.2, 0.25) is 0 Å². The van der Waals surface area contributed by atoms with Gasteiger partial charge in [0, 0.05) is 25.8 Å². The van der Waals surface area contributed by atoms with Gasteiger partial charge < -0.3 is 10.2 Å². The van der Waals surface area contributed by atoms with E-state index in [1.54, 1.807) is 0 Å². The van der Waals surface area contributed by atoms with E-state index in [2.05, 4.69) is 48.1 Å². The topological polar surface area (TPSA) is 28.2 Å². The van der Waals surface area contributed by atoms with Gasteiger partial charge in [-0.2, -0.15) is 0 Å². The molecule has 0 amide bonds. The van der Waals surface area contributed by atoms with Gasteiger partial charge in [0.15, 0.2) is 0 Å². The van der Waals surface area contributed by atoms with Crippen molar-refractivity contribution in [3.8, 4) is 0 Å². The number of nitrogens with zero attached hydrogens (tertiary/aromatic N) is 2. The van der Waals surface area contributed by atoms with Crippen LogP contribution in [-0.4, -0.2) is 24.6 Å². The average molecular weight is 247 g/mol. The van der Waals surface area contributed by atoms with Crippen LogP contribution >= 0.6 is 0 Å². The van der Waals surface area contributed by atoms with Crippen molar-refractivity contribution >= 4 is 5.82 Å². The average Bonchev–Trinajstić information content (AvgIpc) is 2.36. The van der Waals surface area contributed by atoms with E-state index in [9.17, 15) is 0 Å². The fraction of sp³-hybridized carbons (Fsp3) is 0.667. The van der Waals surface area contributed by atoms with Crippen molar-refractivity contribution in [1.82, 2.24) is 10.3 Å². The molecule has 18 heavy (non-hydrogen) atoms. The summed E-state index contributed by atoms with van der Waals surface area (Å²) in [7, 11) is 0. The number of aromatic nitrogens is 1. The molecule has 2 heterocycles. The maximum Gasteiger partial charge on any atom is 0.128 e. The second-order valence-electron chi connectivity index (χ2n) is 5.99.